The highest BCUT2D eigenvalue weighted by Crippen LogP contribution is 2.13. The number of carbonyl (C=O) groups excluding carboxylic acids is 1. The zero-order chi connectivity index (χ0) is 11.4. The zero-order valence-electron chi connectivity index (χ0n) is 8.51. The van der Waals surface area contributed by atoms with Crippen LogP contribution in [0.2, 0.25) is 0 Å². The Morgan fingerprint density at radius 3 is 3.06 bits per heavy atom. The summed E-state index contributed by atoms with van der Waals surface area (Å²) >= 11 is 1.59. The number of carbonyl (C=O) groups is 1. The number of hydrogen-bond acceptors (Lipinski definition) is 4. The average Bonchev–Trinajstić information content (AvgIpc) is 2.79. The number of primary amides is 1. The van der Waals surface area contributed by atoms with Crippen molar-refractivity contribution in [2.24, 2.45) is 5.73 Å². The minimum absolute atomic E-state index is 0.415. The first-order valence-electron chi connectivity index (χ1n) is 4.77. The predicted octanol–water partition coefficient (Wildman–Crippen LogP) is 1.85. The Morgan fingerprint density at radius 2 is 2.38 bits per heavy atom. The molecule has 0 spiro atoms. The Hall–Kier alpha value is -1.88. The van der Waals surface area contributed by atoms with E-state index in [-0.39, 0.29) is 0 Å². The maximum atomic E-state index is 11.0. The number of nitrogens with zero attached hydrogens (tertiary/aromatic N) is 1. The molecule has 2 rings (SSSR count). The van der Waals surface area contributed by atoms with Crippen LogP contribution < -0.4 is 11.1 Å². The van der Waals surface area contributed by atoms with Crippen molar-refractivity contribution >= 4 is 22.9 Å². The van der Waals surface area contributed by atoms with Crippen LogP contribution in [-0.2, 0) is 6.54 Å². The van der Waals surface area contributed by atoms with Crippen LogP contribution in [0.1, 0.15) is 15.2 Å². The highest BCUT2D eigenvalue weighted by Gasteiger charge is 2.01. The molecule has 16 heavy (non-hydrogen) atoms. The highest BCUT2D eigenvalue weighted by molar-refractivity contribution is 7.09. The number of thiazole rings is 1. The van der Waals surface area contributed by atoms with Crippen molar-refractivity contribution < 1.29 is 4.79 Å². The Labute approximate surface area is 97.1 Å². The van der Waals surface area contributed by atoms with Crippen LogP contribution in [0.15, 0.2) is 36.0 Å². The molecule has 1 amide bonds. The molecule has 82 valence electrons. The summed E-state index contributed by atoms with van der Waals surface area (Å²) in [6.45, 7) is 0.701. The van der Waals surface area contributed by atoms with Gasteiger partial charge < -0.3 is 11.1 Å². The number of anilines is 1. The van der Waals surface area contributed by atoms with E-state index < -0.39 is 5.91 Å². The first-order chi connectivity index (χ1) is 7.75. The topological polar surface area (TPSA) is 68.0 Å². The van der Waals surface area contributed by atoms with Crippen LogP contribution in [-0.4, -0.2) is 10.9 Å². The van der Waals surface area contributed by atoms with Gasteiger partial charge in [-0.3, -0.25) is 9.78 Å². The van der Waals surface area contributed by atoms with Crippen LogP contribution in [0, 0.1) is 0 Å². The second-order valence-electron chi connectivity index (χ2n) is 3.27. The molecular weight excluding hydrogens is 222 g/mol. The van der Waals surface area contributed by atoms with Gasteiger partial charge in [-0.2, -0.15) is 0 Å². The van der Waals surface area contributed by atoms with E-state index in [1.807, 2.05) is 12.3 Å². The van der Waals surface area contributed by atoms with Crippen molar-refractivity contribution in [1.82, 2.24) is 4.98 Å². The van der Waals surface area contributed by atoms with E-state index in [1.165, 1.54) is 0 Å². The van der Waals surface area contributed by atoms with Crippen LogP contribution in [0.3, 0.4) is 0 Å². The molecule has 0 aliphatic rings. The molecule has 4 nitrogen and oxygen atoms in total. The summed E-state index contributed by atoms with van der Waals surface area (Å²) in [7, 11) is 0. The summed E-state index contributed by atoms with van der Waals surface area (Å²) in [6.07, 6.45) is 1.82. The van der Waals surface area contributed by atoms with Crippen LogP contribution in [0.5, 0.6) is 0 Å². The summed E-state index contributed by atoms with van der Waals surface area (Å²) < 4.78 is 0. The van der Waals surface area contributed by atoms with Gasteiger partial charge in [0.25, 0.3) is 0 Å². The van der Waals surface area contributed by atoms with Crippen LogP contribution in [0.4, 0.5) is 5.69 Å². The molecule has 2 aromatic rings. The molecule has 0 saturated carbocycles. The van der Waals surface area contributed by atoms with E-state index in [0.29, 0.717) is 12.1 Å². The fraction of sp³-hybridized carbons (Fsp3) is 0.0909. The van der Waals surface area contributed by atoms with Gasteiger partial charge >= 0.3 is 0 Å². The minimum atomic E-state index is -0.415. The lowest BCUT2D eigenvalue weighted by Gasteiger charge is -2.05. The van der Waals surface area contributed by atoms with E-state index in [9.17, 15) is 4.79 Å². The molecule has 0 fully saturated rings. The zero-order valence-corrected chi connectivity index (χ0v) is 9.33. The van der Waals surface area contributed by atoms with Gasteiger partial charge in [0.2, 0.25) is 5.91 Å². The smallest absolute Gasteiger partial charge is 0.248 e. The maximum Gasteiger partial charge on any atom is 0.248 e. The Kier molecular flexibility index (Phi) is 3.16. The maximum absolute atomic E-state index is 11.0. The lowest BCUT2D eigenvalue weighted by molar-refractivity contribution is 0.100. The number of amides is 1. The van der Waals surface area contributed by atoms with Crippen molar-refractivity contribution in [3.8, 4) is 0 Å². The molecule has 5 heteroatoms. The number of aromatic nitrogens is 1. The third-order valence-corrected chi connectivity index (χ3v) is 2.88. The molecule has 0 unspecified atom stereocenters. The van der Waals surface area contributed by atoms with Crippen molar-refractivity contribution in [1.29, 1.82) is 0 Å². The molecule has 0 atom stereocenters. The van der Waals surface area contributed by atoms with Gasteiger partial charge in [-0.15, -0.1) is 11.3 Å². The SMILES string of the molecule is NC(=O)c1cccc(NCc2cncs2)c1. The largest absolute Gasteiger partial charge is 0.380 e. The minimum Gasteiger partial charge on any atom is -0.380 e. The first kappa shape index (κ1) is 10.6. The van der Waals surface area contributed by atoms with Gasteiger partial charge in [-0.05, 0) is 18.2 Å². The summed E-state index contributed by atoms with van der Waals surface area (Å²) in [5.74, 6) is -0.415. The van der Waals surface area contributed by atoms with Crippen molar-refractivity contribution in [3.63, 3.8) is 0 Å². The van der Waals surface area contributed by atoms with E-state index >= 15 is 0 Å². The van der Waals surface area contributed by atoms with Gasteiger partial charge in [0.15, 0.2) is 0 Å². The Morgan fingerprint density at radius 1 is 1.50 bits per heavy atom. The van der Waals surface area contributed by atoms with Gasteiger partial charge in [0.05, 0.1) is 12.1 Å². The Balaban J connectivity index is 2.04. The van der Waals surface area contributed by atoms with Gasteiger partial charge in [0, 0.05) is 22.3 Å². The third-order valence-electron chi connectivity index (χ3n) is 2.10. The van der Waals surface area contributed by atoms with Crippen LogP contribution >= 0.6 is 11.3 Å². The molecule has 0 aliphatic carbocycles. The van der Waals surface area contributed by atoms with Gasteiger partial charge in [0.1, 0.15) is 0 Å². The Bertz CT molecular complexity index is 482. The number of nitrogens with one attached hydrogen (secondary N) is 1. The molecule has 0 saturated heterocycles. The van der Waals surface area contributed by atoms with Crippen molar-refractivity contribution in [3.05, 3.63) is 46.4 Å². The van der Waals surface area contributed by atoms with Crippen LogP contribution in [0.25, 0.3) is 0 Å². The molecular formula is C11H11N3OS. The lowest BCUT2D eigenvalue weighted by atomic mass is 10.2. The van der Waals surface area contributed by atoms with Crippen molar-refractivity contribution in [2.75, 3.05) is 5.32 Å². The second kappa shape index (κ2) is 4.76. The average molecular weight is 233 g/mol. The summed E-state index contributed by atoms with van der Waals surface area (Å²) in [6, 6.07) is 7.13. The summed E-state index contributed by atoms with van der Waals surface area (Å²) in [5.41, 5.74) is 8.38. The molecule has 0 bridgehead atoms. The lowest BCUT2D eigenvalue weighted by Crippen LogP contribution is -2.11. The third kappa shape index (κ3) is 2.58. The standard InChI is InChI=1S/C11H11N3OS/c12-11(15)8-2-1-3-9(4-8)14-6-10-5-13-7-16-10/h1-5,7,14H,6H2,(H2,12,15). The van der Waals surface area contributed by atoms with E-state index in [2.05, 4.69) is 10.3 Å². The first-order valence-corrected chi connectivity index (χ1v) is 5.65. The van der Waals surface area contributed by atoms with Crippen molar-refractivity contribution in [2.45, 2.75) is 6.54 Å². The molecule has 0 radical (unpaired) electrons. The molecule has 1 heterocycles. The number of hydrogen-bond donors (Lipinski definition) is 2. The number of rotatable bonds is 4. The second-order valence-corrected chi connectivity index (χ2v) is 4.24. The van der Waals surface area contributed by atoms with E-state index in [4.69, 9.17) is 5.73 Å². The molecule has 1 aromatic heterocycles. The molecule has 1 aromatic carbocycles. The predicted molar refractivity (Wildman–Crippen MR) is 64.4 cm³/mol. The molecule has 0 aliphatic heterocycles. The fourth-order valence-electron chi connectivity index (χ4n) is 1.30. The highest BCUT2D eigenvalue weighted by atomic mass is 32.1. The molecule has 3 N–H and O–H groups in total. The number of nitrogens with two attached hydrogens (primary N) is 1. The van der Waals surface area contributed by atoms with E-state index in [1.54, 1.807) is 35.0 Å². The fourth-order valence-corrected chi connectivity index (χ4v) is 1.84. The quantitative estimate of drug-likeness (QED) is 0.846. The normalized spacial score (nSPS) is 10.0. The number of benzene rings is 1. The monoisotopic (exact) mass is 233 g/mol. The van der Waals surface area contributed by atoms with E-state index in [0.717, 1.165) is 10.6 Å². The van der Waals surface area contributed by atoms with Gasteiger partial charge in [-0.1, -0.05) is 6.07 Å². The summed E-state index contributed by atoms with van der Waals surface area (Å²) in [4.78, 5) is 16.1. The summed E-state index contributed by atoms with van der Waals surface area (Å²) in [5, 5.41) is 3.20. The van der Waals surface area contributed by atoms with Gasteiger partial charge in [-0.25, -0.2) is 0 Å².